The molecule has 0 aromatic carbocycles. The minimum atomic E-state index is -0.913. The molecule has 1 aliphatic carbocycles. The van der Waals surface area contributed by atoms with Gasteiger partial charge in [0.05, 0.1) is 11.0 Å². The van der Waals surface area contributed by atoms with Crippen LogP contribution in [-0.4, -0.2) is 57.9 Å². The van der Waals surface area contributed by atoms with Gasteiger partial charge in [-0.2, -0.15) is 0 Å². The van der Waals surface area contributed by atoms with Gasteiger partial charge in [0.2, 0.25) is 0 Å². The van der Waals surface area contributed by atoms with Gasteiger partial charge in [0.15, 0.2) is 0 Å². The molecule has 7 heteroatoms. The molecule has 21 heavy (non-hydrogen) atoms. The fourth-order valence-corrected chi connectivity index (χ4v) is 4.68. The fraction of sp³-hybridized carbons (Fsp3) is 0.857. The van der Waals surface area contributed by atoms with Crippen molar-refractivity contribution in [2.75, 3.05) is 18.9 Å². The highest BCUT2D eigenvalue weighted by Gasteiger charge is 2.48. The first-order valence-corrected chi connectivity index (χ1v) is 8.60. The van der Waals surface area contributed by atoms with Gasteiger partial charge in [-0.15, -0.1) is 11.8 Å². The normalized spacial score (nSPS) is 36.0. The number of carbonyl (C=O) groups is 2. The smallest absolute Gasteiger partial charge is 0.327 e. The zero-order valence-corrected chi connectivity index (χ0v) is 13.0. The lowest BCUT2D eigenvalue weighted by atomic mass is 10.0. The van der Waals surface area contributed by atoms with E-state index in [1.165, 1.54) is 0 Å². The maximum Gasteiger partial charge on any atom is 0.327 e. The zero-order chi connectivity index (χ0) is 15.0. The van der Waals surface area contributed by atoms with Crippen LogP contribution in [0.25, 0.3) is 0 Å². The van der Waals surface area contributed by atoms with Crippen molar-refractivity contribution in [2.24, 2.45) is 5.92 Å². The van der Waals surface area contributed by atoms with Crippen LogP contribution < -0.4 is 5.32 Å². The number of carboxylic acids is 1. The third-order valence-corrected chi connectivity index (χ3v) is 5.96. The van der Waals surface area contributed by atoms with E-state index in [-0.39, 0.29) is 17.0 Å². The van der Waals surface area contributed by atoms with Crippen molar-refractivity contribution in [3.63, 3.8) is 0 Å². The Balaban J connectivity index is 1.63. The van der Waals surface area contributed by atoms with E-state index in [0.29, 0.717) is 18.2 Å². The molecular formula is C14H22N2O4S. The van der Waals surface area contributed by atoms with E-state index < -0.39 is 12.0 Å². The van der Waals surface area contributed by atoms with Crippen LogP contribution >= 0.6 is 11.8 Å². The molecule has 118 valence electrons. The quantitative estimate of drug-likeness (QED) is 0.822. The van der Waals surface area contributed by atoms with Crippen molar-refractivity contribution in [3.05, 3.63) is 0 Å². The first kappa shape index (κ1) is 15.0. The van der Waals surface area contributed by atoms with E-state index in [1.54, 1.807) is 16.7 Å². The monoisotopic (exact) mass is 314 g/mol. The highest BCUT2D eigenvalue weighted by Crippen LogP contribution is 2.45. The minimum absolute atomic E-state index is 0.0170. The molecule has 0 radical (unpaired) electrons. The first-order valence-electron chi connectivity index (χ1n) is 7.55. The number of carbonyl (C=O) groups excluding carboxylic acids is 1. The Morgan fingerprint density at radius 1 is 1.48 bits per heavy atom. The second-order valence-electron chi connectivity index (χ2n) is 6.38. The van der Waals surface area contributed by atoms with Crippen molar-refractivity contribution in [2.45, 2.75) is 49.6 Å². The van der Waals surface area contributed by atoms with E-state index in [9.17, 15) is 14.7 Å². The predicted octanol–water partition coefficient (Wildman–Crippen LogP) is 1.50. The van der Waals surface area contributed by atoms with Crippen molar-refractivity contribution >= 4 is 23.8 Å². The molecule has 3 rings (SSSR count). The number of hydrogen-bond acceptors (Lipinski definition) is 4. The molecule has 1 saturated carbocycles. The Kier molecular flexibility index (Phi) is 4.05. The van der Waals surface area contributed by atoms with Gasteiger partial charge in [-0.25, -0.2) is 9.59 Å². The standard InChI is InChI=1S/C14H22N2O4S/c1-14(5-2-6-20-14)8-15-13(19)16-10(12(17)18)7-21-11(16)9-3-4-9/h9-11H,2-8H2,1H3,(H,15,19)(H,17,18). The third kappa shape index (κ3) is 3.13. The third-order valence-electron chi connectivity index (χ3n) is 4.49. The van der Waals surface area contributed by atoms with E-state index >= 15 is 0 Å². The van der Waals surface area contributed by atoms with Gasteiger partial charge in [-0.3, -0.25) is 4.90 Å². The number of hydrogen-bond donors (Lipinski definition) is 2. The molecule has 6 nitrogen and oxygen atoms in total. The Labute approximate surface area is 128 Å². The van der Waals surface area contributed by atoms with Gasteiger partial charge in [0, 0.05) is 18.9 Å². The molecule has 0 aromatic rings. The molecule has 3 unspecified atom stereocenters. The second kappa shape index (κ2) is 5.68. The Bertz CT molecular complexity index is 435. The van der Waals surface area contributed by atoms with Gasteiger partial charge in [0.1, 0.15) is 6.04 Å². The number of carboxylic acid groups (broad SMARTS) is 1. The number of rotatable bonds is 4. The highest BCUT2D eigenvalue weighted by molar-refractivity contribution is 8.00. The minimum Gasteiger partial charge on any atom is -0.480 e. The summed E-state index contributed by atoms with van der Waals surface area (Å²) < 4.78 is 5.66. The number of urea groups is 1. The summed E-state index contributed by atoms with van der Waals surface area (Å²) >= 11 is 1.60. The largest absolute Gasteiger partial charge is 0.480 e. The summed E-state index contributed by atoms with van der Waals surface area (Å²) in [5, 5.41) is 12.2. The van der Waals surface area contributed by atoms with E-state index in [0.717, 1.165) is 32.3 Å². The van der Waals surface area contributed by atoms with E-state index in [4.69, 9.17) is 4.74 Å². The first-order chi connectivity index (χ1) is 10.0. The Hall–Kier alpha value is -0.950. The molecule has 3 fully saturated rings. The predicted molar refractivity (Wildman–Crippen MR) is 79.2 cm³/mol. The van der Waals surface area contributed by atoms with Crippen LogP contribution in [0.15, 0.2) is 0 Å². The number of nitrogens with zero attached hydrogens (tertiary/aromatic N) is 1. The van der Waals surface area contributed by atoms with Crippen molar-refractivity contribution in [1.82, 2.24) is 10.2 Å². The zero-order valence-electron chi connectivity index (χ0n) is 12.2. The molecule has 0 bridgehead atoms. The number of ether oxygens (including phenoxy) is 1. The summed E-state index contributed by atoms with van der Waals surface area (Å²) in [6.45, 7) is 3.16. The fourth-order valence-electron chi connectivity index (χ4n) is 3.05. The number of nitrogens with one attached hydrogen (secondary N) is 1. The number of thioether (sulfide) groups is 1. The lowest BCUT2D eigenvalue weighted by molar-refractivity contribution is -0.141. The maximum absolute atomic E-state index is 12.5. The number of aliphatic carboxylic acids is 1. The Morgan fingerprint density at radius 2 is 2.24 bits per heavy atom. The van der Waals surface area contributed by atoms with Crippen molar-refractivity contribution < 1.29 is 19.4 Å². The molecule has 2 amide bonds. The maximum atomic E-state index is 12.5. The molecule has 3 atom stereocenters. The topological polar surface area (TPSA) is 78.9 Å². The van der Waals surface area contributed by atoms with Crippen LogP contribution in [0.2, 0.25) is 0 Å². The van der Waals surface area contributed by atoms with Crippen LogP contribution in [0.3, 0.4) is 0 Å². The molecule has 2 saturated heterocycles. The van der Waals surface area contributed by atoms with Gasteiger partial charge in [0.25, 0.3) is 0 Å². The van der Waals surface area contributed by atoms with Gasteiger partial charge in [-0.05, 0) is 38.5 Å². The molecule has 2 N–H and O–H groups in total. The van der Waals surface area contributed by atoms with Crippen LogP contribution in [-0.2, 0) is 9.53 Å². The van der Waals surface area contributed by atoms with Crippen LogP contribution in [0.5, 0.6) is 0 Å². The molecule has 0 aromatic heterocycles. The van der Waals surface area contributed by atoms with Crippen molar-refractivity contribution in [3.8, 4) is 0 Å². The molecular weight excluding hydrogens is 292 g/mol. The summed E-state index contributed by atoms with van der Waals surface area (Å²) in [5.74, 6) is 0.0325. The van der Waals surface area contributed by atoms with Crippen LogP contribution in [0.4, 0.5) is 4.79 Å². The lowest BCUT2D eigenvalue weighted by Gasteiger charge is -2.30. The van der Waals surface area contributed by atoms with Crippen LogP contribution in [0.1, 0.15) is 32.6 Å². The summed E-state index contributed by atoms with van der Waals surface area (Å²) in [7, 11) is 0. The summed E-state index contributed by atoms with van der Waals surface area (Å²) in [6.07, 6.45) is 4.12. The van der Waals surface area contributed by atoms with E-state index in [2.05, 4.69) is 5.32 Å². The van der Waals surface area contributed by atoms with Crippen LogP contribution in [0, 0.1) is 5.92 Å². The lowest BCUT2D eigenvalue weighted by Crippen LogP contribution is -2.53. The average molecular weight is 314 g/mol. The molecule has 0 spiro atoms. The van der Waals surface area contributed by atoms with Crippen molar-refractivity contribution in [1.29, 1.82) is 0 Å². The molecule has 2 heterocycles. The Morgan fingerprint density at radius 3 is 2.81 bits per heavy atom. The summed E-state index contributed by atoms with van der Waals surface area (Å²) in [5.41, 5.74) is -0.309. The number of amides is 2. The van der Waals surface area contributed by atoms with Gasteiger partial charge < -0.3 is 15.2 Å². The summed E-state index contributed by atoms with van der Waals surface area (Å²) in [4.78, 5) is 25.4. The second-order valence-corrected chi connectivity index (χ2v) is 7.53. The summed E-state index contributed by atoms with van der Waals surface area (Å²) in [6, 6.07) is -0.973. The molecule has 2 aliphatic heterocycles. The van der Waals surface area contributed by atoms with Gasteiger partial charge >= 0.3 is 12.0 Å². The SMILES string of the molecule is CC1(CNC(=O)N2C(C(=O)O)CSC2C2CC2)CCCO1. The van der Waals surface area contributed by atoms with Gasteiger partial charge in [-0.1, -0.05) is 0 Å². The highest BCUT2D eigenvalue weighted by atomic mass is 32.2. The van der Waals surface area contributed by atoms with E-state index in [1.807, 2.05) is 6.92 Å². The average Bonchev–Trinajstić information content (AvgIpc) is 3.04. The molecule has 3 aliphatic rings.